The van der Waals surface area contributed by atoms with Crippen molar-refractivity contribution in [2.24, 2.45) is 0 Å². The smallest absolute Gasteiger partial charge is 0.209 e. The van der Waals surface area contributed by atoms with E-state index in [1.807, 2.05) is 0 Å². The van der Waals surface area contributed by atoms with E-state index in [4.69, 9.17) is 0 Å². The number of hydrogen-bond donors (Lipinski definition) is 0. The van der Waals surface area contributed by atoms with Crippen LogP contribution in [0.5, 0.6) is 0 Å². The van der Waals surface area contributed by atoms with Gasteiger partial charge in [-0.05, 0) is 15.9 Å². The summed E-state index contributed by atoms with van der Waals surface area (Å²) in [4.78, 5) is 0.263. The summed E-state index contributed by atoms with van der Waals surface area (Å²) in [5.74, 6) is 0. The first-order chi connectivity index (χ1) is 4.52. The number of nitrogens with zero attached hydrogens (tertiary/aromatic N) is 3. The highest BCUT2D eigenvalue weighted by atomic mass is 79.9. The second kappa shape index (κ2) is 2.54. The lowest BCUT2D eigenvalue weighted by molar-refractivity contribution is 0.0171. The molecule has 0 aliphatic carbocycles. The zero-order valence-corrected chi connectivity index (χ0v) is 7.60. The monoisotopic (exact) mass is 275 g/mol. The Kier molecular flexibility index (Phi) is 2.04. The van der Waals surface area contributed by atoms with Crippen molar-refractivity contribution >= 4 is 31.9 Å². The lowest BCUT2D eigenvalue weighted by atomic mass is 11.1. The van der Waals surface area contributed by atoms with Gasteiger partial charge in [-0.15, -0.1) is 0 Å². The summed E-state index contributed by atoms with van der Waals surface area (Å²) in [5.41, 5.74) is 0. The van der Waals surface area contributed by atoms with Crippen molar-refractivity contribution in [3.05, 3.63) is 11.1 Å². The molecule has 7 heteroatoms. The average molecular weight is 277 g/mol. The van der Waals surface area contributed by atoms with E-state index in [1.165, 1.54) is 0 Å². The third kappa shape index (κ3) is 1.51. The van der Waals surface area contributed by atoms with E-state index in [2.05, 4.69) is 41.9 Å². The third-order valence-electron chi connectivity index (χ3n) is 0.746. The Labute approximate surface area is 71.7 Å². The molecule has 56 valence electrons. The number of alkyl halides is 3. The molecule has 0 saturated carbocycles. The molecule has 0 radical (unpaired) electrons. The fourth-order valence-corrected chi connectivity index (χ4v) is 1.30. The van der Waals surface area contributed by atoms with Gasteiger partial charge in [0.1, 0.15) is 6.33 Å². The van der Waals surface area contributed by atoms with Gasteiger partial charge in [0.15, 0.2) is 0 Å². The molecule has 0 unspecified atom stereocenters. The molecule has 0 bridgehead atoms. The summed E-state index contributed by atoms with van der Waals surface area (Å²) < 4.78 is 25.0. The zero-order valence-electron chi connectivity index (χ0n) is 4.43. The Balaban J connectivity index is 3.05. The van der Waals surface area contributed by atoms with E-state index in [-0.39, 0.29) is 4.73 Å². The molecule has 0 atom stereocenters. The van der Waals surface area contributed by atoms with E-state index in [1.54, 1.807) is 0 Å². The van der Waals surface area contributed by atoms with Crippen LogP contribution in [-0.4, -0.2) is 14.8 Å². The largest absolute Gasteiger partial charge is 0.403 e. The quantitative estimate of drug-likeness (QED) is 0.734. The maximum absolute atomic E-state index is 12.3. The predicted molar refractivity (Wildman–Crippen MR) is 36.8 cm³/mol. The van der Waals surface area contributed by atoms with Gasteiger partial charge in [0.05, 0.1) is 0 Å². The van der Waals surface area contributed by atoms with Crippen LogP contribution in [0.25, 0.3) is 0 Å². The van der Waals surface area contributed by atoms with Gasteiger partial charge in [-0.1, -0.05) is 0 Å². The highest BCUT2D eigenvalue weighted by molar-refractivity contribution is 9.10. The van der Waals surface area contributed by atoms with Crippen molar-refractivity contribution in [2.45, 2.75) is 4.96 Å². The second-order valence-electron chi connectivity index (χ2n) is 1.41. The summed E-state index contributed by atoms with van der Waals surface area (Å²) in [6.45, 7) is 0. The lowest BCUT2D eigenvalue weighted by Crippen LogP contribution is -2.16. The number of halogens is 4. The Hall–Kier alpha value is -0.0400. The zero-order chi connectivity index (χ0) is 7.78. The normalized spacial score (nSPS) is 12.0. The first-order valence-electron chi connectivity index (χ1n) is 2.14. The van der Waals surface area contributed by atoms with E-state index in [0.29, 0.717) is 4.68 Å². The Bertz CT molecular complexity index is 230. The summed E-state index contributed by atoms with van der Waals surface area (Å²) in [7, 11) is 0. The molecular formula is C3HBr2F2N3. The van der Waals surface area contributed by atoms with Crippen LogP contribution in [0.15, 0.2) is 11.1 Å². The van der Waals surface area contributed by atoms with Crippen LogP contribution in [-0.2, 0) is 4.96 Å². The van der Waals surface area contributed by atoms with Crippen LogP contribution >= 0.6 is 31.9 Å². The van der Waals surface area contributed by atoms with Crippen LogP contribution in [0.3, 0.4) is 0 Å². The summed E-state index contributed by atoms with van der Waals surface area (Å²) in [5, 5.41) is 3.25. The number of hydrogen-bond acceptors (Lipinski definition) is 2. The fourth-order valence-electron chi connectivity index (χ4n) is 0.398. The molecule has 10 heavy (non-hydrogen) atoms. The molecule has 1 aromatic heterocycles. The minimum atomic E-state index is -3.18. The molecule has 0 N–H and O–H groups in total. The van der Waals surface area contributed by atoms with Crippen molar-refractivity contribution < 1.29 is 8.78 Å². The van der Waals surface area contributed by atoms with Gasteiger partial charge in [0.2, 0.25) is 4.73 Å². The Morgan fingerprint density at radius 2 is 2.20 bits per heavy atom. The molecule has 1 rings (SSSR count). The van der Waals surface area contributed by atoms with Crippen LogP contribution in [0.2, 0.25) is 0 Å². The SMILES string of the molecule is FC(F)(Br)n1ncnc1Br. The maximum Gasteiger partial charge on any atom is 0.403 e. The second-order valence-corrected chi connectivity index (χ2v) is 3.07. The van der Waals surface area contributed by atoms with Gasteiger partial charge in [-0.3, -0.25) is 0 Å². The highest BCUT2D eigenvalue weighted by Gasteiger charge is 2.29. The first kappa shape index (κ1) is 8.06. The summed E-state index contributed by atoms with van der Waals surface area (Å²) >= 11 is 4.90. The lowest BCUT2D eigenvalue weighted by Gasteiger charge is -2.06. The topological polar surface area (TPSA) is 30.7 Å². The van der Waals surface area contributed by atoms with Crippen molar-refractivity contribution in [1.82, 2.24) is 14.8 Å². The van der Waals surface area contributed by atoms with Crippen LogP contribution in [0, 0.1) is 0 Å². The van der Waals surface area contributed by atoms with E-state index < -0.39 is 4.96 Å². The van der Waals surface area contributed by atoms with Crippen LogP contribution in [0.4, 0.5) is 8.78 Å². The molecule has 0 fully saturated rings. The third-order valence-corrected chi connectivity index (χ3v) is 1.62. The Morgan fingerprint density at radius 1 is 1.60 bits per heavy atom. The van der Waals surface area contributed by atoms with Gasteiger partial charge >= 0.3 is 4.96 Å². The molecule has 0 aromatic carbocycles. The van der Waals surface area contributed by atoms with Crippen molar-refractivity contribution in [1.29, 1.82) is 0 Å². The van der Waals surface area contributed by atoms with Gasteiger partial charge in [-0.25, -0.2) is 4.98 Å². The van der Waals surface area contributed by atoms with E-state index in [9.17, 15) is 8.78 Å². The maximum atomic E-state index is 12.3. The van der Waals surface area contributed by atoms with E-state index in [0.717, 1.165) is 6.33 Å². The van der Waals surface area contributed by atoms with E-state index >= 15 is 0 Å². The standard InChI is InChI=1S/C3HBr2F2N3/c4-2-8-1-9-10(2)3(5,6)7/h1H. The molecule has 1 heterocycles. The number of rotatable bonds is 1. The average Bonchev–Trinajstić information content (AvgIpc) is 2.11. The molecular weight excluding hydrogens is 276 g/mol. The fraction of sp³-hybridized carbons (Fsp3) is 0.333. The minimum absolute atomic E-state index is 0.0191. The predicted octanol–water partition coefficient (Wildman–Crippen LogP) is 1.94. The van der Waals surface area contributed by atoms with Gasteiger partial charge in [0, 0.05) is 15.9 Å². The molecule has 0 aliphatic heterocycles. The van der Waals surface area contributed by atoms with Crippen LogP contribution < -0.4 is 0 Å². The van der Waals surface area contributed by atoms with Crippen molar-refractivity contribution in [3.63, 3.8) is 0 Å². The van der Waals surface area contributed by atoms with Crippen molar-refractivity contribution in [3.8, 4) is 0 Å². The van der Waals surface area contributed by atoms with Crippen molar-refractivity contribution in [2.75, 3.05) is 0 Å². The minimum Gasteiger partial charge on any atom is -0.209 e. The molecule has 0 saturated heterocycles. The first-order valence-corrected chi connectivity index (χ1v) is 3.73. The molecule has 0 aliphatic rings. The van der Waals surface area contributed by atoms with Gasteiger partial charge in [0.25, 0.3) is 0 Å². The molecule has 1 aromatic rings. The summed E-state index contributed by atoms with van der Waals surface area (Å²) in [6, 6.07) is 0. The Morgan fingerprint density at radius 3 is 2.40 bits per heavy atom. The molecule has 0 spiro atoms. The molecule has 0 amide bonds. The summed E-state index contributed by atoms with van der Waals surface area (Å²) in [6.07, 6.45) is 1.03. The van der Waals surface area contributed by atoms with Gasteiger partial charge in [-0.2, -0.15) is 18.6 Å². The highest BCUT2D eigenvalue weighted by Crippen LogP contribution is 2.29. The number of aromatic nitrogens is 3. The van der Waals surface area contributed by atoms with Gasteiger partial charge < -0.3 is 0 Å². The van der Waals surface area contributed by atoms with Crippen LogP contribution in [0.1, 0.15) is 0 Å². The molecule has 3 nitrogen and oxygen atoms in total.